The molecule has 90 heavy (non-hydrogen) atoms. The van der Waals surface area contributed by atoms with Crippen LogP contribution in [-0.4, -0.2) is 153 Å². The Bertz CT molecular complexity index is 3910. The van der Waals surface area contributed by atoms with Crippen LogP contribution < -0.4 is 25.6 Å². The number of rotatable bonds is 25. The van der Waals surface area contributed by atoms with E-state index in [1.807, 2.05) is 65.0 Å². The minimum atomic E-state index is -4.71. The lowest BCUT2D eigenvalue weighted by Gasteiger charge is -2.69. The van der Waals surface area contributed by atoms with Crippen molar-refractivity contribution in [2.45, 2.75) is 110 Å². The molecule has 473 valence electrons. The maximum absolute atomic E-state index is 13.8. The van der Waals surface area contributed by atoms with Crippen LogP contribution in [0.3, 0.4) is 0 Å². The summed E-state index contributed by atoms with van der Waals surface area (Å²) in [5.41, 5.74) is 5.10. The van der Waals surface area contributed by atoms with Gasteiger partial charge in [0.25, 0.3) is 27.8 Å². The molecule has 2 unspecified atom stereocenters. The fourth-order valence-electron chi connectivity index (χ4n) is 15.0. The predicted octanol–water partition coefficient (Wildman–Crippen LogP) is 7.15. The first kappa shape index (κ1) is 63.0. The van der Waals surface area contributed by atoms with Gasteiger partial charge in [0.1, 0.15) is 30.0 Å². The van der Waals surface area contributed by atoms with Crippen LogP contribution in [0.15, 0.2) is 91.1 Å². The summed E-state index contributed by atoms with van der Waals surface area (Å²) in [6.07, 6.45) is 9.35. The number of pyridine rings is 1. The lowest BCUT2D eigenvalue weighted by atomic mass is 9.39. The average Bonchev–Trinajstić information content (AvgIpc) is 1.03. The first-order chi connectivity index (χ1) is 42.9. The largest absolute Gasteiger partial charge is 0.493 e. The van der Waals surface area contributed by atoms with Gasteiger partial charge in [-0.1, -0.05) is 61.6 Å². The van der Waals surface area contributed by atoms with Crippen molar-refractivity contribution >= 4 is 84.2 Å². The molecule has 4 fully saturated rings. The molecule has 0 saturated heterocycles. The highest BCUT2D eigenvalue weighted by Gasteiger charge is 2.66. The minimum Gasteiger partial charge on any atom is -0.493 e. The van der Waals surface area contributed by atoms with Crippen molar-refractivity contribution in [3.8, 4) is 16.9 Å². The highest BCUT2D eigenvalue weighted by Crippen LogP contribution is 2.72. The van der Waals surface area contributed by atoms with E-state index in [-0.39, 0.29) is 73.7 Å². The molecular formula is C64H71N10O14S2. The molecule has 24 nitrogen and oxygen atoms in total. The number of carboxylic acid groups (broad SMARTS) is 1. The summed E-state index contributed by atoms with van der Waals surface area (Å²) < 4.78 is 54.5. The molecule has 5 N–H and O–H groups in total. The molecule has 6 amide bonds. The number of nitrogens with one attached hydrogen (secondary N) is 3. The van der Waals surface area contributed by atoms with E-state index in [2.05, 4.69) is 40.8 Å². The number of anilines is 2. The zero-order chi connectivity index (χ0) is 63.8. The molecule has 26 heteroatoms. The number of imide groups is 1. The fourth-order valence-corrected chi connectivity index (χ4v) is 16.5. The van der Waals surface area contributed by atoms with Gasteiger partial charge in [0.15, 0.2) is 10.8 Å². The zero-order valence-electron chi connectivity index (χ0n) is 50.4. The first-order valence-corrected chi connectivity index (χ1v) is 32.3. The van der Waals surface area contributed by atoms with Gasteiger partial charge >= 0.3 is 12.1 Å². The van der Waals surface area contributed by atoms with Crippen LogP contribution in [0.4, 0.5) is 15.7 Å². The number of amides is 6. The fraction of sp³-hybridized carbons (Fsp3) is 0.438. The molecule has 5 heterocycles. The van der Waals surface area contributed by atoms with E-state index in [0.29, 0.717) is 65.0 Å². The standard InChI is InChI=1S/C64H71N10O14S2/c1-40-45(43-17-18-51(69-55(43)58(80)81)72-24-21-41-12-9-13-44(46(41)30-72)56(78)70-59-68-47-14-6-8-16-50(47)89-59)29-66-74(40)39-63-34-61(2)33-62(3,35-63)37-64(36-61,38-63)88-28-26-71(4)60(82)87-31-42-11-5-7-15-49(42)86-27-10-23-65-57(79)48(32-90(83,84)85)67-52(75)22-25-73-53(76)19-20-54(73)77/h5-6,8-9,11-20,29,48H,10,21-28,30-39H2,1-4H3,(H,65,79)(H,67,75)(H,80,81)(H,68,70,78)(H,83,84,85)/t48-,61?,62?,63?,64?/m0/s1. The molecule has 2 aliphatic heterocycles. The smallest absolute Gasteiger partial charge is 0.409 e. The summed E-state index contributed by atoms with van der Waals surface area (Å²) in [7, 11) is -3.06. The van der Waals surface area contributed by atoms with Gasteiger partial charge in [-0.3, -0.25) is 43.4 Å². The Kier molecular flexibility index (Phi) is 17.7. The zero-order valence-corrected chi connectivity index (χ0v) is 52.0. The number of ether oxygens (including phenoxy) is 3. The number of hydrogen-bond acceptors (Lipinski definition) is 17. The Balaban J connectivity index is 0.669. The Labute approximate surface area is 524 Å². The summed E-state index contributed by atoms with van der Waals surface area (Å²) in [6.45, 7) is 8.44. The van der Waals surface area contributed by atoms with Crippen molar-refractivity contribution in [3.63, 3.8) is 0 Å². The Hall–Kier alpha value is -8.59. The van der Waals surface area contributed by atoms with E-state index >= 15 is 0 Å². The molecule has 3 aromatic heterocycles. The molecule has 6 aromatic rings. The number of para-hydroxylation sites is 1. The second kappa shape index (κ2) is 25.4. The van der Waals surface area contributed by atoms with Crippen LogP contribution in [-0.2, 0) is 64.9 Å². The first-order valence-electron chi connectivity index (χ1n) is 29.9. The van der Waals surface area contributed by atoms with Crippen molar-refractivity contribution in [3.05, 3.63) is 131 Å². The van der Waals surface area contributed by atoms with Crippen LogP contribution in [0, 0.1) is 29.2 Å². The number of likely N-dealkylation sites (N-methyl/N-ethyl adjacent to an activating group) is 1. The van der Waals surface area contributed by atoms with Gasteiger partial charge in [-0.25, -0.2) is 19.6 Å². The normalized spacial score (nSPS) is 21.9. The maximum atomic E-state index is 13.8. The predicted molar refractivity (Wildman–Crippen MR) is 331 cm³/mol. The molecule has 12 rings (SSSR count). The Morgan fingerprint density at radius 2 is 1.68 bits per heavy atom. The SMILES string of the molecule is Cc1c(-c2ccc(N3CCc4cccc(C(=O)Nc5nc6ccccc6s5)c4C3)nc2C(=O)O)cnn1CC12CC3(C)CC(C)(C1)CC(OCCN(C)C(=O)OCc1cc[c]cc1OCCCNC(=O)[C@H](CS(=O)(=O)O)NC(=O)CCN1C(=O)C=CC1=O)(C3)C2. The molecule has 4 saturated carbocycles. The molecule has 1 radical (unpaired) electrons. The summed E-state index contributed by atoms with van der Waals surface area (Å²) in [5, 5.41) is 23.9. The Morgan fingerprint density at radius 3 is 2.42 bits per heavy atom. The number of carbonyl (C=O) groups excluding carboxylic acids is 6. The van der Waals surface area contributed by atoms with E-state index < -0.39 is 69.6 Å². The van der Waals surface area contributed by atoms with Crippen LogP contribution in [0.25, 0.3) is 21.3 Å². The number of benzene rings is 3. The molecule has 4 bridgehead atoms. The third-order valence-corrected chi connectivity index (χ3v) is 19.5. The third-order valence-electron chi connectivity index (χ3n) is 17.7. The number of carboxylic acids is 1. The van der Waals surface area contributed by atoms with Crippen molar-refractivity contribution in [1.29, 1.82) is 0 Å². The number of aromatic nitrogens is 4. The summed E-state index contributed by atoms with van der Waals surface area (Å²) in [5.74, 6) is -4.59. The minimum absolute atomic E-state index is 0.000250. The van der Waals surface area contributed by atoms with E-state index in [0.717, 1.165) is 82.6 Å². The van der Waals surface area contributed by atoms with Gasteiger partial charge in [-0.15, -0.1) is 0 Å². The average molecular weight is 1270 g/mol. The lowest BCUT2D eigenvalue weighted by molar-refractivity contribution is -0.248. The molecule has 0 spiro atoms. The van der Waals surface area contributed by atoms with Gasteiger partial charge in [-0.05, 0) is 128 Å². The Morgan fingerprint density at radius 1 is 0.911 bits per heavy atom. The van der Waals surface area contributed by atoms with Gasteiger partial charge in [-0.2, -0.15) is 13.5 Å². The second-order valence-corrected chi connectivity index (χ2v) is 27.8. The van der Waals surface area contributed by atoms with Crippen LogP contribution in [0.1, 0.15) is 108 Å². The highest BCUT2D eigenvalue weighted by molar-refractivity contribution is 7.85. The molecular weight excluding hydrogens is 1200 g/mol. The van der Waals surface area contributed by atoms with E-state index in [1.54, 1.807) is 37.5 Å². The number of carbonyl (C=O) groups is 7. The van der Waals surface area contributed by atoms with Crippen molar-refractivity contribution in [2.75, 3.05) is 62.4 Å². The van der Waals surface area contributed by atoms with Gasteiger partial charge in [0, 0.05) is 92.8 Å². The number of thiazole rings is 1. The number of nitrogens with zero attached hydrogens (tertiary/aromatic N) is 7. The third kappa shape index (κ3) is 14.1. The van der Waals surface area contributed by atoms with Crippen molar-refractivity contribution in [2.24, 2.45) is 16.2 Å². The molecule has 4 aliphatic carbocycles. The molecule has 6 aliphatic rings. The van der Waals surface area contributed by atoms with E-state index in [4.69, 9.17) is 24.3 Å². The second-order valence-electron chi connectivity index (χ2n) is 25.2. The van der Waals surface area contributed by atoms with Crippen LogP contribution >= 0.6 is 11.3 Å². The monoisotopic (exact) mass is 1270 g/mol. The van der Waals surface area contributed by atoms with Gasteiger partial charge < -0.3 is 39.8 Å². The quantitative estimate of drug-likeness (QED) is 0.0216. The number of aromatic carboxylic acids is 1. The van der Waals surface area contributed by atoms with Crippen LogP contribution in [0.2, 0.25) is 0 Å². The van der Waals surface area contributed by atoms with Crippen LogP contribution in [0.5, 0.6) is 5.75 Å². The van der Waals surface area contributed by atoms with Crippen molar-refractivity contribution < 1.29 is 65.8 Å². The summed E-state index contributed by atoms with van der Waals surface area (Å²) >= 11 is 1.41. The summed E-state index contributed by atoms with van der Waals surface area (Å²) in [6, 6.07) is 23.3. The maximum Gasteiger partial charge on any atom is 0.409 e. The molecule has 3 atom stereocenters. The van der Waals surface area contributed by atoms with E-state index in [1.165, 1.54) is 16.2 Å². The van der Waals surface area contributed by atoms with E-state index in [9.17, 15) is 51.6 Å². The topological polar surface area (TPSA) is 311 Å². The van der Waals surface area contributed by atoms with Crippen molar-refractivity contribution in [1.82, 2.24) is 40.2 Å². The lowest BCUT2D eigenvalue weighted by Crippen LogP contribution is -2.64. The number of fused-ring (bicyclic) bond motifs is 2. The molecule has 3 aromatic carbocycles. The van der Waals surface area contributed by atoms with Gasteiger partial charge in [0.2, 0.25) is 11.8 Å². The van der Waals surface area contributed by atoms with Gasteiger partial charge in [0.05, 0.1) is 35.2 Å². The summed E-state index contributed by atoms with van der Waals surface area (Å²) in [4.78, 5) is 103. The highest BCUT2D eigenvalue weighted by atomic mass is 32.2. The number of hydrogen-bond donors (Lipinski definition) is 5.